The molecule has 4 nitrogen and oxygen atoms in total. The summed E-state index contributed by atoms with van der Waals surface area (Å²) in [7, 11) is 0. The van der Waals surface area contributed by atoms with Crippen molar-refractivity contribution in [1.82, 2.24) is 0 Å². The number of nitrogens with one attached hydrogen (secondary N) is 1. The van der Waals surface area contributed by atoms with Gasteiger partial charge in [-0.1, -0.05) is 29.3 Å². The number of hydrogen-bond acceptors (Lipinski definition) is 2. The average molecular weight is 335 g/mol. The number of carbonyl (C=O) groups is 2. The summed E-state index contributed by atoms with van der Waals surface area (Å²) >= 11 is 11.7. The predicted octanol–water partition coefficient (Wildman–Crippen LogP) is 3.74. The molecule has 0 aliphatic rings. The predicted molar refractivity (Wildman–Crippen MR) is 89.1 cm³/mol. The van der Waals surface area contributed by atoms with Gasteiger partial charge in [-0.15, -0.1) is 0 Å². The summed E-state index contributed by atoms with van der Waals surface area (Å²) in [6.45, 7) is 0. The molecule has 112 valence electrons. The van der Waals surface area contributed by atoms with Gasteiger partial charge in [0.25, 0.3) is 0 Å². The van der Waals surface area contributed by atoms with Crippen molar-refractivity contribution in [3.8, 4) is 0 Å². The summed E-state index contributed by atoms with van der Waals surface area (Å²) < 4.78 is 0. The van der Waals surface area contributed by atoms with Gasteiger partial charge in [-0.2, -0.15) is 0 Å². The maximum Gasteiger partial charge on any atom is 0.248 e. The molecule has 0 radical (unpaired) electrons. The number of rotatable bonds is 4. The summed E-state index contributed by atoms with van der Waals surface area (Å²) in [5, 5.41) is 3.55. The van der Waals surface area contributed by atoms with Gasteiger partial charge in [0.1, 0.15) is 0 Å². The Balaban J connectivity index is 2.01. The molecule has 2 aromatic rings. The molecule has 2 rings (SSSR count). The van der Waals surface area contributed by atoms with Crippen molar-refractivity contribution >= 4 is 46.8 Å². The first-order valence-corrected chi connectivity index (χ1v) is 7.05. The third-order valence-electron chi connectivity index (χ3n) is 2.81. The van der Waals surface area contributed by atoms with E-state index in [1.807, 2.05) is 0 Å². The molecule has 0 spiro atoms. The topological polar surface area (TPSA) is 72.2 Å². The molecule has 0 aliphatic heterocycles. The third kappa shape index (κ3) is 4.35. The lowest BCUT2D eigenvalue weighted by Gasteiger charge is -2.03. The fourth-order valence-corrected chi connectivity index (χ4v) is 2.00. The Morgan fingerprint density at radius 1 is 1.00 bits per heavy atom. The molecule has 0 bridgehead atoms. The fourth-order valence-electron chi connectivity index (χ4n) is 1.69. The number of hydrogen-bond donors (Lipinski definition) is 2. The van der Waals surface area contributed by atoms with Crippen LogP contribution in [-0.2, 0) is 4.79 Å². The summed E-state index contributed by atoms with van der Waals surface area (Å²) in [5.74, 6) is -0.824. The van der Waals surface area contributed by atoms with E-state index in [1.54, 1.807) is 48.5 Å². The Bertz CT molecular complexity index is 740. The highest BCUT2D eigenvalue weighted by Crippen LogP contribution is 2.23. The number of anilines is 1. The maximum atomic E-state index is 11.8. The van der Waals surface area contributed by atoms with Crippen molar-refractivity contribution in [2.45, 2.75) is 0 Å². The minimum Gasteiger partial charge on any atom is -0.366 e. The zero-order valence-corrected chi connectivity index (χ0v) is 12.9. The molecule has 0 heterocycles. The minimum absolute atomic E-state index is 0.308. The molecule has 0 atom stereocenters. The van der Waals surface area contributed by atoms with E-state index in [4.69, 9.17) is 28.9 Å². The second-order valence-electron chi connectivity index (χ2n) is 4.44. The van der Waals surface area contributed by atoms with Gasteiger partial charge in [-0.05, 0) is 48.0 Å². The van der Waals surface area contributed by atoms with Crippen molar-refractivity contribution in [1.29, 1.82) is 0 Å². The third-order valence-corrected chi connectivity index (χ3v) is 3.55. The molecule has 0 aromatic heterocycles. The largest absolute Gasteiger partial charge is 0.366 e. The van der Waals surface area contributed by atoms with Crippen molar-refractivity contribution in [2.24, 2.45) is 5.73 Å². The number of carbonyl (C=O) groups excluding carboxylic acids is 2. The zero-order valence-electron chi connectivity index (χ0n) is 11.3. The lowest BCUT2D eigenvalue weighted by molar-refractivity contribution is -0.111. The maximum absolute atomic E-state index is 11.8. The van der Waals surface area contributed by atoms with Gasteiger partial charge < -0.3 is 11.1 Å². The molecule has 0 saturated carbocycles. The quantitative estimate of drug-likeness (QED) is 0.836. The number of benzene rings is 2. The van der Waals surface area contributed by atoms with Gasteiger partial charge in [-0.25, -0.2) is 0 Å². The van der Waals surface area contributed by atoms with Gasteiger partial charge in [0.05, 0.1) is 10.0 Å². The molecule has 3 N–H and O–H groups in total. The molecule has 22 heavy (non-hydrogen) atoms. The molecule has 0 fully saturated rings. The Morgan fingerprint density at radius 3 is 2.27 bits per heavy atom. The van der Waals surface area contributed by atoms with E-state index in [9.17, 15) is 9.59 Å². The number of nitrogens with two attached hydrogens (primary N) is 1. The first-order chi connectivity index (χ1) is 10.5. The van der Waals surface area contributed by atoms with Crippen molar-refractivity contribution in [2.75, 3.05) is 5.32 Å². The summed E-state index contributed by atoms with van der Waals surface area (Å²) in [5.41, 5.74) is 6.84. The van der Waals surface area contributed by atoms with Gasteiger partial charge in [0.15, 0.2) is 0 Å². The van der Waals surface area contributed by atoms with Crippen LogP contribution in [0.5, 0.6) is 0 Å². The second kappa shape index (κ2) is 7.11. The van der Waals surface area contributed by atoms with Crippen LogP contribution in [0.1, 0.15) is 15.9 Å². The molecule has 2 amide bonds. The molecular weight excluding hydrogens is 323 g/mol. The Morgan fingerprint density at radius 2 is 1.68 bits per heavy atom. The van der Waals surface area contributed by atoms with Crippen LogP contribution in [0.15, 0.2) is 48.5 Å². The molecular formula is C16H12Cl2N2O2. The van der Waals surface area contributed by atoms with E-state index in [1.165, 1.54) is 6.08 Å². The number of primary amides is 1. The molecule has 0 aliphatic carbocycles. The van der Waals surface area contributed by atoms with Crippen LogP contribution in [-0.4, -0.2) is 11.8 Å². The first kappa shape index (κ1) is 16.1. The van der Waals surface area contributed by atoms with Gasteiger partial charge in [-0.3, -0.25) is 9.59 Å². The van der Waals surface area contributed by atoms with E-state index >= 15 is 0 Å². The highest BCUT2D eigenvalue weighted by atomic mass is 35.5. The van der Waals surface area contributed by atoms with Crippen LogP contribution in [0.4, 0.5) is 5.69 Å². The highest BCUT2D eigenvalue weighted by molar-refractivity contribution is 6.42. The van der Waals surface area contributed by atoms with E-state index in [0.717, 1.165) is 5.56 Å². The molecule has 0 unspecified atom stereocenters. The summed E-state index contributed by atoms with van der Waals surface area (Å²) in [6, 6.07) is 11.4. The normalized spacial score (nSPS) is 10.6. The van der Waals surface area contributed by atoms with E-state index in [0.29, 0.717) is 21.3 Å². The van der Waals surface area contributed by atoms with E-state index in [-0.39, 0.29) is 5.91 Å². The van der Waals surface area contributed by atoms with Crippen molar-refractivity contribution in [3.05, 3.63) is 69.7 Å². The molecule has 2 aromatic carbocycles. The fraction of sp³-hybridized carbons (Fsp3) is 0. The van der Waals surface area contributed by atoms with Crippen molar-refractivity contribution < 1.29 is 9.59 Å². The lowest BCUT2D eigenvalue weighted by Crippen LogP contribution is -2.11. The van der Waals surface area contributed by atoms with Crippen molar-refractivity contribution in [3.63, 3.8) is 0 Å². The Hall–Kier alpha value is -2.30. The van der Waals surface area contributed by atoms with Crippen LogP contribution < -0.4 is 11.1 Å². The summed E-state index contributed by atoms with van der Waals surface area (Å²) in [6.07, 6.45) is 3.00. The lowest BCUT2D eigenvalue weighted by atomic mass is 10.2. The monoisotopic (exact) mass is 334 g/mol. The van der Waals surface area contributed by atoms with Crippen LogP contribution >= 0.6 is 23.2 Å². The van der Waals surface area contributed by atoms with Crippen LogP contribution in [0.3, 0.4) is 0 Å². The standard InChI is InChI=1S/C16H12Cl2N2O2/c17-13-7-1-10(9-14(13)18)2-8-15(21)20-12-5-3-11(4-6-12)16(19)22/h1-9H,(H2,19,22)(H,20,21). The molecule has 0 saturated heterocycles. The average Bonchev–Trinajstić information content (AvgIpc) is 2.49. The number of halogens is 2. The highest BCUT2D eigenvalue weighted by Gasteiger charge is 2.02. The zero-order chi connectivity index (χ0) is 16.1. The van der Waals surface area contributed by atoms with Crippen LogP contribution in [0, 0.1) is 0 Å². The Labute approximate surface area is 137 Å². The minimum atomic E-state index is -0.516. The van der Waals surface area contributed by atoms with Crippen LogP contribution in [0.2, 0.25) is 10.0 Å². The SMILES string of the molecule is NC(=O)c1ccc(NC(=O)C=Cc2ccc(Cl)c(Cl)c2)cc1. The smallest absolute Gasteiger partial charge is 0.248 e. The van der Waals surface area contributed by atoms with E-state index < -0.39 is 5.91 Å². The second-order valence-corrected chi connectivity index (χ2v) is 5.25. The van der Waals surface area contributed by atoms with Gasteiger partial charge in [0.2, 0.25) is 11.8 Å². The molecule has 6 heteroatoms. The van der Waals surface area contributed by atoms with Gasteiger partial charge in [0, 0.05) is 17.3 Å². The Kier molecular flexibility index (Phi) is 5.20. The summed E-state index contributed by atoms with van der Waals surface area (Å²) in [4.78, 5) is 22.8. The van der Waals surface area contributed by atoms with Gasteiger partial charge >= 0.3 is 0 Å². The number of amides is 2. The van der Waals surface area contributed by atoms with Crippen LogP contribution in [0.25, 0.3) is 6.08 Å². The van der Waals surface area contributed by atoms with E-state index in [2.05, 4.69) is 5.32 Å². The first-order valence-electron chi connectivity index (χ1n) is 6.29.